The number of nitrogens with zero attached hydrogens (tertiary/aromatic N) is 2. The molecule has 0 saturated carbocycles. The first kappa shape index (κ1) is 12.6. The van der Waals surface area contributed by atoms with Crippen LogP contribution in [0.25, 0.3) is 11.6 Å². The van der Waals surface area contributed by atoms with Crippen molar-refractivity contribution in [3.05, 3.63) is 30.2 Å². The molecule has 1 N–H and O–H groups in total. The maximum Gasteiger partial charge on any atom is 0.197 e. The molecule has 0 atom stereocenters. The van der Waals surface area contributed by atoms with Gasteiger partial charge in [0, 0.05) is 19.7 Å². The summed E-state index contributed by atoms with van der Waals surface area (Å²) >= 11 is 0. The van der Waals surface area contributed by atoms with Crippen molar-refractivity contribution in [1.82, 2.24) is 9.97 Å². The Hall–Kier alpha value is -1.88. The third-order valence-corrected chi connectivity index (χ3v) is 2.37. The molecule has 0 bridgehead atoms. The molecule has 2 rings (SSSR count). The summed E-state index contributed by atoms with van der Waals surface area (Å²) in [5, 5.41) is 3.25. The van der Waals surface area contributed by atoms with Gasteiger partial charge in [-0.3, -0.25) is 0 Å². The van der Waals surface area contributed by atoms with Crippen LogP contribution >= 0.6 is 0 Å². The molecule has 0 spiro atoms. The lowest BCUT2D eigenvalue weighted by molar-refractivity contribution is 0.181. The predicted octanol–water partition coefficient (Wildman–Crippen LogP) is 2.70. The molecule has 0 aliphatic carbocycles. The topological polar surface area (TPSA) is 60.2 Å². The average molecular weight is 247 g/mol. The maximum absolute atomic E-state index is 5.32. The molecule has 0 aliphatic rings. The van der Waals surface area contributed by atoms with Gasteiger partial charge in [0.25, 0.3) is 0 Å². The Morgan fingerprint density at radius 1 is 1.39 bits per heavy atom. The SMILES string of the molecule is CCCNc1cc(COC)nc(-c2ccco2)n1. The van der Waals surface area contributed by atoms with Crippen LogP contribution in [-0.2, 0) is 11.3 Å². The second kappa shape index (κ2) is 6.16. The largest absolute Gasteiger partial charge is 0.461 e. The number of nitrogens with one attached hydrogen (secondary N) is 1. The van der Waals surface area contributed by atoms with Crippen molar-refractivity contribution in [3.63, 3.8) is 0 Å². The highest BCUT2D eigenvalue weighted by atomic mass is 16.5. The molecule has 0 aromatic carbocycles. The molecule has 18 heavy (non-hydrogen) atoms. The van der Waals surface area contributed by atoms with Gasteiger partial charge in [-0.15, -0.1) is 0 Å². The zero-order chi connectivity index (χ0) is 12.8. The van der Waals surface area contributed by atoms with Gasteiger partial charge in [0.05, 0.1) is 18.6 Å². The monoisotopic (exact) mass is 247 g/mol. The molecule has 2 aromatic heterocycles. The van der Waals surface area contributed by atoms with Crippen LogP contribution < -0.4 is 5.32 Å². The van der Waals surface area contributed by atoms with Crippen LogP contribution in [0.1, 0.15) is 19.0 Å². The van der Waals surface area contributed by atoms with Crippen molar-refractivity contribution < 1.29 is 9.15 Å². The van der Waals surface area contributed by atoms with E-state index in [0.717, 1.165) is 24.5 Å². The maximum atomic E-state index is 5.32. The van der Waals surface area contributed by atoms with Crippen LogP contribution in [0.5, 0.6) is 0 Å². The van der Waals surface area contributed by atoms with Gasteiger partial charge in [0.2, 0.25) is 0 Å². The number of aromatic nitrogens is 2. The minimum atomic E-state index is 0.455. The highest BCUT2D eigenvalue weighted by Crippen LogP contribution is 2.18. The third kappa shape index (κ3) is 3.07. The predicted molar refractivity (Wildman–Crippen MR) is 69.2 cm³/mol. The summed E-state index contributed by atoms with van der Waals surface area (Å²) in [6.45, 7) is 3.44. The Morgan fingerprint density at radius 2 is 2.28 bits per heavy atom. The zero-order valence-electron chi connectivity index (χ0n) is 10.6. The minimum absolute atomic E-state index is 0.455. The van der Waals surface area contributed by atoms with E-state index in [-0.39, 0.29) is 0 Å². The van der Waals surface area contributed by atoms with E-state index in [1.54, 1.807) is 13.4 Å². The Balaban J connectivity index is 2.30. The first-order chi connectivity index (χ1) is 8.83. The van der Waals surface area contributed by atoms with E-state index >= 15 is 0 Å². The van der Waals surface area contributed by atoms with Crippen molar-refractivity contribution >= 4 is 5.82 Å². The van der Waals surface area contributed by atoms with Crippen LogP contribution in [0.4, 0.5) is 5.82 Å². The normalized spacial score (nSPS) is 10.6. The Bertz CT molecular complexity index is 483. The smallest absolute Gasteiger partial charge is 0.197 e. The van der Waals surface area contributed by atoms with Crippen molar-refractivity contribution in [2.24, 2.45) is 0 Å². The lowest BCUT2D eigenvalue weighted by atomic mass is 10.3. The highest BCUT2D eigenvalue weighted by Gasteiger charge is 2.08. The molecule has 5 nitrogen and oxygen atoms in total. The fourth-order valence-electron chi connectivity index (χ4n) is 1.58. The van der Waals surface area contributed by atoms with E-state index in [2.05, 4.69) is 22.2 Å². The minimum Gasteiger partial charge on any atom is -0.461 e. The van der Waals surface area contributed by atoms with E-state index in [0.29, 0.717) is 18.2 Å². The van der Waals surface area contributed by atoms with Crippen molar-refractivity contribution in [3.8, 4) is 11.6 Å². The quantitative estimate of drug-likeness (QED) is 0.850. The van der Waals surface area contributed by atoms with Gasteiger partial charge in [-0.2, -0.15) is 0 Å². The van der Waals surface area contributed by atoms with E-state index in [4.69, 9.17) is 9.15 Å². The van der Waals surface area contributed by atoms with Crippen molar-refractivity contribution in [2.75, 3.05) is 19.0 Å². The van der Waals surface area contributed by atoms with Gasteiger partial charge in [-0.1, -0.05) is 6.92 Å². The second-order valence-corrected chi connectivity index (χ2v) is 3.91. The van der Waals surface area contributed by atoms with Gasteiger partial charge in [-0.05, 0) is 18.6 Å². The Kier molecular flexibility index (Phi) is 4.30. The zero-order valence-corrected chi connectivity index (χ0v) is 10.6. The van der Waals surface area contributed by atoms with E-state index in [1.165, 1.54) is 0 Å². The number of ether oxygens (including phenoxy) is 1. The number of rotatable bonds is 6. The van der Waals surface area contributed by atoms with E-state index in [1.807, 2.05) is 18.2 Å². The first-order valence-corrected chi connectivity index (χ1v) is 5.98. The number of anilines is 1. The van der Waals surface area contributed by atoms with Crippen molar-refractivity contribution in [1.29, 1.82) is 0 Å². The summed E-state index contributed by atoms with van der Waals surface area (Å²) in [6.07, 6.45) is 2.65. The molecule has 0 aliphatic heterocycles. The molecule has 0 radical (unpaired) electrons. The van der Waals surface area contributed by atoms with Crippen LogP contribution in [0.3, 0.4) is 0 Å². The van der Waals surface area contributed by atoms with Crippen LogP contribution in [0.2, 0.25) is 0 Å². The summed E-state index contributed by atoms with van der Waals surface area (Å²) in [4.78, 5) is 8.83. The van der Waals surface area contributed by atoms with Gasteiger partial charge < -0.3 is 14.5 Å². The molecular formula is C13H17N3O2. The Labute approximate surface area is 106 Å². The summed E-state index contributed by atoms with van der Waals surface area (Å²) in [6, 6.07) is 5.56. The first-order valence-electron chi connectivity index (χ1n) is 5.98. The summed E-state index contributed by atoms with van der Waals surface area (Å²) in [7, 11) is 1.65. The number of furan rings is 1. The summed E-state index contributed by atoms with van der Waals surface area (Å²) < 4.78 is 10.4. The number of methoxy groups -OCH3 is 1. The molecule has 0 fully saturated rings. The number of hydrogen-bond acceptors (Lipinski definition) is 5. The molecule has 2 heterocycles. The van der Waals surface area contributed by atoms with Crippen molar-refractivity contribution in [2.45, 2.75) is 20.0 Å². The molecule has 5 heteroatoms. The van der Waals surface area contributed by atoms with Gasteiger partial charge in [-0.25, -0.2) is 9.97 Å². The lowest BCUT2D eigenvalue weighted by Crippen LogP contribution is -2.05. The second-order valence-electron chi connectivity index (χ2n) is 3.91. The lowest BCUT2D eigenvalue weighted by Gasteiger charge is -2.08. The fourth-order valence-corrected chi connectivity index (χ4v) is 1.58. The van der Waals surface area contributed by atoms with Gasteiger partial charge in [0.1, 0.15) is 5.82 Å². The van der Waals surface area contributed by atoms with Crippen LogP contribution in [0, 0.1) is 0 Å². The fraction of sp³-hybridized carbons (Fsp3) is 0.385. The van der Waals surface area contributed by atoms with E-state index < -0.39 is 0 Å². The summed E-state index contributed by atoms with van der Waals surface area (Å²) in [5.74, 6) is 2.03. The molecule has 2 aromatic rings. The summed E-state index contributed by atoms with van der Waals surface area (Å²) in [5.41, 5.74) is 0.831. The standard InChI is InChI=1S/C13H17N3O2/c1-3-6-14-12-8-10(9-17-2)15-13(16-12)11-5-4-7-18-11/h4-5,7-8H,3,6,9H2,1-2H3,(H,14,15,16). The third-order valence-electron chi connectivity index (χ3n) is 2.37. The van der Waals surface area contributed by atoms with Crippen LogP contribution in [0.15, 0.2) is 28.9 Å². The van der Waals surface area contributed by atoms with Gasteiger partial charge in [0.15, 0.2) is 11.6 Å². The van der Waals surface area contributed by atoms with Crippen LogP contribution in [-0.4, -0.2) is 23.6 Å². The molecular weight excluding hydrogens is 230 g/mol. The molecule has 0 unspecified atom stereocenters. The number of hydrogen-bond donors (Lipinski definition) is 1. The molecule has 0 saturated heterocycles. The molecule has 0 amide bonds. The van der Waals surface area contributed by atoms with Gasteiger partial charge >= 0.3 is 0 Å². The average Bonchev–Trinajstić information content (AvgIpc) is 2.90. The molecule has 96 valence electrons. The Morgan fingerprint density at radius 3 is 2.94 bits per heavy atom. The van der Waals surface area contributed by atoms with E-state index in [9.17, 15) is 0 Å². The highest BCUT2D eigenvalue weighted by molar-refractivity contribution is 5.51.